The normalized spacial score (nSPS) is 11.7. The van der Waals surface area contributed by atoms with Crippen molar-refractivity contribution in [3.63, 3.8) is 0 Å². The van der Waals surface area contributed by atoms with Crippen molar-refractivity contribution in [3.05, 3.63) is 78.9 Å². The van der Waals surface area contributed by atoms with Crippen molar-refractivity contribution < 1.29 is 17.9 Å². The number of alkyl halides is 3. The molecule has 4 aromatic rings. The van der Waals surface area contributed by atoms with E-state index in [2.05, 4.69) is 16.3 Å². The van der Waals surface area contributed by atoms with Gasteiger partial charge in [-0.15, -0.1) is 0 Å². The third kappa shape index (κ3) is 3.11. The third-order valence-electron chi connectivity index (χ3n) is 3.78. The van der Waals surface area contributed by atoms with Crippen molar-refractivity contribution >= 4 is 11.0 Å². The maximum Gasteiger partial charge on any atom is 0.416 e. The van der Waals surface area contributed by atoms with Gasteiger partial charge in [0.15, 0.2) is 6.33 Å². The lowest BCUT2D eigenvalue weighted by Gasteiger charge is -2.09. The molecule has 0 N–H and O–H groups in total. The van der Waals surface area contributed by atoms with Gasteiger partial charge in [-0.1, -0.05) is 0 Å². The molecule has 0 amide bonds. The molecule has 4 nitrogen and oxygen atoms in total. The van der Waals surface area contributed by atoms with Crippen molar-refractivity contribution in [3.8, 4) is 17.2 Å². The minimum absolute atomic E-state index is 0.334. The molecule has 0 atom stereocenters. The molecule has 0 aliphatic carbocycles. The van der Waals surface area contributed by atoms with Crippen molar-refractivity contribution in [2.24, 2.45) is 0 Å². The Morgan fingerprint density at radius 3 is 2.46 bits per heavy atom. The number of aromatic nitrogens is 3. The molecule has 0 unspecified atom stereocenters. The molecule has 0 bridgehead atoms. The predicted octanol–water partition coefficient (Wildman–Crippen LogP) is 5.03. The minimum Gasteiger partial charge on any atom is -0.456 e. The molecule has 1 radical (unpaired) electrons. The highest BCUT2D eigenvalue weighted by molar-refractivity contribution is 5.78. The van der Waals surface area contributed by atoms with Crippen molar-refractivity contribution in [2.45, 2.75) is 6.18 Å². The van der Waals surface area contributed by atoms with E-state index in [9.17, 15) is 13.2 Å². The first-order chi connectivity index (χ1) is 12.5. The largest absolute Gasteiger partial charge is 0.456 e. The quantitative estimate of drug-likeness (QED) is 0.518. The highest BCUT2D eigenvalue weighted by atomic mass is 19.4. The fraction of sp³-hybridized carbons (Fsp3) is 0.0526. The van der Waals surface area contributed by atoms with Gasteiger partial charge >= 0.3 is 6.18 Å². The Bertz CT molecular complexity index is 1040. The van der Waals surface area contributed by atoms with Gasteiger partial charge in [0.2, 0.25) is 0 Å². The first-order valence-electron chi connectivity index (χ1n) is 7.66. The van der Waals surface area contributed by atoms with Gasteiger partial charge in [0.05, 0.1) is 22.8 Å². The molecule has 0 saturated carbocycles. The number of hydrogen-bond donors (Lipinski definition) is 0. The number of rotatable bonds is 3. The van der Waals surface area contributed by atoms with Gasteiger partial charge in [0.25, 0.3) is 0 Å². The molecule has 0 aliphatic heterocycles. The standard InChI is InChI=1S/C19H11F3N3O/c20-19(21,22)13-3-8-17-18(10-13)25(12-24-17)14-4-6-15(7-5-14)26-16-2-1-9-23-11-16/h1-11H. The molecule has 2 aromatic heterocycles. The summed E-state index contributed by atoms with van der Waals surface area (Å²) in [5.74, 6) is 1.18. The fourth-order valence-electron chi connectivity index (χ4n) is 2.53. The van der Waals surface area contributed by atoms with Gasteiger partial charge in [-0.25, -0.2) is 4.98 Å². The number of benzene rings is 2. The Morgan fingerprint density at radius 2 is 1.77 bits per heavy atom. The van der Waals surface area contributed by atoms with E-state index in [4.69, 9.17) is 4.74 Å². The Kier molecular flexibility index (Phi) is 3.84. The first kappa shape index (κ1) is 16.1. The van der Waals surface area contributed by atoms with Crippen LogP contribution in [0, 0.1) is 6.33 Å². The summed E-state index contributed by atoms with van der Waals surface area (Å²) in [4.78, 5) is 8.01. The molecule has 0 saturated heterocycles. The lowest BCUT2D eigenvalue weighted by molar-refractivity contribution is -0.137. The maximum absolute atomic E-state index is 13.0. The molecule has 0 spiro atoms. The van der Waals surface area contributed by atoms with E-state index in [0.29, 0.717) is 28.2 Å². The fourth-order valence-corrected chi connectivity index (χ4v) is 2.53. The van der Waals surface area contributed by atoms with Crippen LogP contribution in [-0.2, 0) is 6.18 Å². The molecular weight excluding hydrogens is 343 g/mol. The second-order valence-corrected chi connectivity index (χ2v) is 5.53. The third-order valence-corrected chi connectivity index (χ3v) is 3.78. The molecular formula is C19H11F3N3O. The number of imidazole rings is 1. The number of ether oxygens (including phenoxy) is 1. The minimum atomic E-state index is -4.41. The first-order valence-corrected chi connectivity index (χ1v) is 7.66. The molecule has 7 heteroatoms. The SMILES string of the molecule is FC(F)(F)c1ccc2n[c]n(-c3ccc(Oc4cccnc4)cc3)c2c1. The molecule has 129 valence electrons. The van der Waals surface area contributed by atoms with Crippen LogP contribution in [0.4, 0.5) is 13.2 Å². The predicted molar refractivity (Wildman–Crippen MR) is 89.2 cm³/mol. The molecule has 2 heterocycles. The van der Waals surface area contributed by atoms with E-state index in [-0.39, 0.29) is 0 Å². The van der Waals surface area contributed by atoms with E-state index in [1.54, 1.807) is 48.8 Å². The van der Waals surface area contributed by atoms with Gasteiger partial charge in [-0.2, -0.15) is 13.2 Å². The summed E-state index contributed by atoms with van der Waals surface area (Å²) in [6, 6.07) is 13.8. The summed E-state index contributed by atoms with van der Waals surface area (Å²) in [7, 11) is 0. The zero-order chi connectivity index (χ0) is 18.1. The summed E-state index contributed by atoms with van der Waals surface area (Å²) < 4.78 is 46.0. The smallest absolute Gasteiger partial charge is 0.416 e. The number of halogens is 3. The summed E-state index contributed by atoms with van der Waals surface area (Å²) in [6.07, 6.45) is 1.55. The maximum atomic E-state index is 13.0. The van der Waals surface area contributed by atoms with Crippen LogP contribution in [-0.4, -0.2) is 14.5 Å². The van der Waals surface area contributed by atoms with E-state index in [1.165, 1.54) is 10.6 Å². The van der Waals surface area contributed by atoms with Gasteiger partial charge in [-0.05, 0) is 54.6 Å². The summed E-state index contributed by atoms with van der Waals surface area (Å²) in [6.45, 7) is 0. The lowest BCUT2D eigenvalue weighted by Crippen LogP contribution is -2.04. The van der Waals surface area contributed by atoms with E-state index in [1.807, 2.05) is 0 Å². The second kappa shape index (κ2) is 6.18. The Morgan fingerprint density at radius 1 is 0.962 bits per heavy atom. The Labute approximate surface area is 146 Å². The number of pyridine rings is 1. The molecule has 0 aliphatic rings. The zero-order valence-corrected chi connectivity index (χ0v) is 13.2. The number of fused-ring (bicyclic) bond motifs is 1. The van der Waals surface area contributed by atoms with E-state index in [0.717, 1.165) is 12.1 Å². The summed E-state index contributed by atoms with van der Waals surface area (Å²) in [5, 5.41) is 0. The van der Waals surface area contributed by atoms with E-state index >= 15 is 0 Å². The van der Waals surface area contributed by atoms with Crippen LogP contribution in [0.5, 0.6) is 11.5 Å². The lowest BCUT2D eigenvalue weighted by atomic mass is 10.2. The molecule has 0 fully saturated rings. The molecule has 4 rings (SSSR count). The van der Waals surface area contributed by atoms with Crippen LogP contribution in [0.2, 0.25) is 0 Å². The van der Waals surface area contributed by atoms with Crippen LogP contribution < -0.4 is 4.74 Å². The van der Waals surface area contributed by atoms with E-state index < -0.39 is 11.7 Å². The van der Waals surface area contributed by atoms with Crippen LogP contribution in [0.3, 0.4) is 0 Å². The van der Waals surface area contributed by atoms with Gasteiger partial charge in [0.1, 0.15) is 11.5 Å². The average Bonchev–Trinajstić information content (AvgIpc) is 3.06. The highest BCUT2D eigenvalue weighted by Crippen LogP contribution is 2.32. The Balaban J connectivity index is 1.67. The molecule has 26 heavy (non-hydrogen) atoms. The van der Waals surface area contributed by atoms with Gasteiger partial charge < -0.3 is 4.74 Å². The van der Waals surface area contributed by atoms with Crippen molar-refractivity contribution in [2.75, 3.05) is 0 Å². The van der Waals surface area contributed by atoms with Gasteiger partial charge in [-0.3, -0.25) is 9.55 Å². The van der Waals surface area contributed by atoms with Crippen LogP contribution in [0.1, 0.15) is 5.56 Å². The summed E-state index contributed by atoms with van der Waals surface area (Å²) in [5.41, 5.74) is 0.677. The summed E-state index contributed by atoms with van der Waals surface area (Å²) >= 11 is 0. The zero-order valence-electron chi connectivity index (χ0n) is 13.2. The van der Waals surface area contributed by atoms with Crippen molar-refractivity contribution in [1.82, 2.24) is 14.5 Å². The number of nitrogens with zero attached hydrogens (tertiary/aromatic N) is 3. The van der Waals surface area contributed by atoms with Gasteiger partial charge in [0, 0.05) is 11.9 Å². The highest BCUT2D eigenvalue weighted by Gasteiger charge is 2.31. The Hall–Kier alpha value is -3.35. The topological polar surface area (TPSA) is 39.9 Å². The number of hydrogen-bond acceptors (Lipinski definition) is 3. The molecule has 2 aromatic carbocycles. The second-order valence-electron chi connectivity index (χ2n) is 5.53. The monoisotopic (exact) mass is 354 g/mol. The average molecular weight is 354 g/mol. The van der Waals surface area contributed by atoms with Crippen LogP contribution >= 0.6 is 0 Å². The van der Waals surface area contributed by atoms with Crippen LogP contribution in [0.15, 0.2) is 67.0 Å². The van der Waals surface area contributed by atoms with Crippen molar-refractivity contribution in [1.29, 1.82) is 0 Å². The van der Waals surface area contributed by atoms with Crippen LogP contribution in [0.25, 0.3) is 16.7 Å².